The van der Waals surface area contributed by atoms with Gasteiger partial charge in [-0.15, -0.1) is 0 Å². The van der Waals surface area contributed by atoms with Crippen molar-refractivity contribution < 1.29 is 4.74 Å². The highest BCUT2D eigenvalue weighted by atomic mass is 16.5. The van der Waals surface area contributed by atoms with Gasteiger partial charge in [0.15, 0.2) is 0 Å². The third-order valence-electron chi connectivity index (χ3n) is 3.03. The van der Waals surface area contributed by atoms with E-state index in [1.54, 1.807) is 0 Å². The molecule has 0 amide bonds. The summed E-state index contributed by atoms with van der Waals surface area (Å²) in [6, 6.07) is 0. The molecule has 2 aliphatic heterocycles. The van der Waals surface area contributed by atoms with Gasteiger partial charge in [0.2, 0.25) is 0 Å². The molecule has 2 saturated heterocycles. The van der Waals surface area contributed by atoms with Crippen LogP contribution in [0.1, 0.15) is 6.42 Å². The molecule has 0 aromatic carbocycles. The van der Waals surface area contributed by atoms with Gasteiger partial charge in [0, 0.05) is 13.1 Å². The quantitative estimate of drug-likeness (QED) is 0.492. The van der Waals surface area contributed by atoms with Crippen LogP contribution in [0.3, 0.4) is 0 Å². The average molecular weight is 125 g/mol. The summed E-state index contributed by atoms with van der Waals surface area (Å²) in [6.07, 6.45) is 1.45. The second-order valence-electron chi connectivity index (χ2n) is 3.58. The van der Waals surface area contributed by atoms with Gasteiger partial charge in [-0.1, -0.05) is 0 Å². The zero-order chi connectivity index (χ0) is 5.90. The predicted octanol–water partition coefficient (Wildman–Crippen LogP) is -0.00530. The van der Waals surface area contributed by atoms with Gasteiger partial charge in [-0.2, -0.15) is 0 Å². The predicted molar refractivity (Wildman–Crippen MR) is 33.1 cm³/mol. The van der Waals surface area contributed by atoms with Crippen LogP contribution in [0.2, 0.25) is 0 Å². The standard InChI is InChI=1S/C7H11NO/c1-5-2-9-7(6(1)5)3-8-4-7/h5-6,8H,1-4H2/t5-,6+/m1/s1. The van der Waals surface area contributed by atoms with Gasteiger partial charge in [0.1, 0.15) is 0 Å². The molecule has 0 bridgehead atoms. The third-order valence-corrected chi connectivity index (χ3v) is 3.03. The van der Waals surface area contributed by atoms with Crippen molar-refractivity contribution in [1.82, 2.24) is 5.32 Å². The summed E-state index contributed by atoms with van der Waals surface area (Å²) in [7, 11) is 0. The van der Waals surface area contributed by atoms with Crippen molar-refractivity contribution in [1.29, 1.82) is 0 Å². The molecule has 0 aromatic rings. The Hall–Kier alpha value is -0.0800. The Morgan fingerprint density at radius 1 is 1.44 bits per heavy atom. The molecular weight excluding hydrogens is 114 g/mol. The molecule has 0 aromatic heterocycles. The van der Waals surface area contributed by atoms with E-state index in [4.69, 9.17) is 4.74 Å². The lowest BCUT2D eigenvalue weighted by atomic mass is 9.91. The fourth-order valence-corrected chi connectivity index (χ4v) is 2.19. The van der Waals surface area contributed by atoms with E-state index in [1.807, 2.05) is 0 Å². The Morgan fingerprint density at radius 2 is 2.33 bits per heavy atom. The lowest BCUT2D eigenvalue weighted by molar-refractivity contribution is -0.0620. The molecule has 3 rings (SSSR count). The molecule has 3 fully saturated rings. The first kappa shape index (κ1) is 4.69. The molecule has 0 unspecified atom stereocenters. The molecule has 2 heterocycles. The van der Waals surface area contributed by atoms with Crippen LogP contribution in [0.4, 0.5) is 0 Å². The minimum absolute atomic E-state index is 0.338. The minimum atomic E-state index is 0.338. The Balaban J connectivity index is 1.90. The van der Waals surface area contributed by atoms with Gasteiger partial charge in [-0.05, 0) is 18.3 Å². The highest BCUT2D eigenvalue weighted by Gasteiger charge is 2.61. The van der Waals surface area contributed by atoms with E-state index < -0.39 is 0 Å². The van der Waals surface area contributed by atoms with Gasteiger partial charge >= 0.3 is 0 Å². The first-order valence-corrected chi connectivity index (χ1v) is 3.75. The smallest absolute Gasteiger partial charge is 0.0961 e. The van der Waals surface area contributed by atoms with Crippen LogP contribution >= 0.6 is 0 Å². The number of nitrogens with one attached hydrogen (secondary N) is 1. The molecule has 1 saturated carbocycles. The Bertz CT molecular complexity index is 153. The lowest BCUT2D eigenvalue weighted by Gasteiger charge is -2.40. The van der Waals surface area contributed by atoms with E-state index in [0.717, 1.165) is 31.5 Å². The number of ether oxygens (including phenoxy) is 1. The van der Waals surface area contributed by atoms with Crippen molar-refractivity contribution in [3.05, 3.63) is 0 Å². The summed E-state index contributed by atoms with van der Waals surface area (Å²) in [5, 5.41) is 3.28. The largest absolute Gasteiger partial charge is 0.372 e. The highest BCUT2D eigenvalue weighted by molar-refractivity contribution is 5.13. The first-order chi connectivity index (χ1) is 4.41. The van der Waals surface area contributed by atoms with Gasteiger partial charge in [-0.3, -0.25) is 0 Å². The molecule has 1 spiro atoms. The van der Waals surface area contributed by atoms with E-state index >= 15 is 0 Å². The fraction of sp³-hybridized carbons (Fsp3) is 1.00. The summed E-state index contributed by atoms with van der Waals surface area (Å²) in [5.74, 6) is 1.89. The first-order valence-electron chi connectivity index (χ1n) is 3.75. The Labute approximate surface area is 54.6 Å². The van der Waals surface area contributed by atoms with Crippen LogP contribution in [-0.4, -0.2) is 25.3 Å². The summed E-state index contributed by atoms with van der Waals surface area (Å²) in [6.45, 7) is 3.29. The molecule has 2 nitrogen and oxygen atoms in total. The normalized spacial score (nSPS) is 50.7. The van der Waals surface area contributed by atoms with E-state index in [9.17, 15) is 0 Å². The monoisotopic (exact) mass is 125 g/mol. The molecule has 2 heteroatoms. The van der Waals surface area contributed by atoms with Crippen LogP contribution in [0.5, 0.6) is 0 Å². The van der Waals surface area contributed by atoms with Crippen LogP contribution in [-0.2, 0) is 4.74 Å². The SMILES string of the molecule is C1OC2(CNC2)[C@H]2C[C@H]12. The molecule has 0 radical (unpaired) electrons. The van der Waals surface area contributed by atoms with Crippen LogP contribution < -0.4 is 5.32 Å². The van der Waals surface area contributed by atoms with Crippen LogP contribution in [0.25, 0.3) is 0 Å². The maximum Gasteiger partial charge on any atom is 0.0961 e. The fourth-order valence-electron chi connectivity index (χ4n) is 2.19. The third kappa shape index (κ3) is 0.413. The van der Waals surface area contributed by atoms with Gasteiger partial charge < -0.3 is 10.1 Å². The van der Waals surface area contributed by atoms with Crippen LogP contribution in [0.15, 0.2) is 0 Å². The van der Waals surface area contributed by atoms with Crippen molar-refractivity contribution in [3.63, 3.8) is 0 Å². The number of hydrogen-bond donors (Lipinski definition) is 1. The Kier molecular flexibility index (Phi) is 0.616. The molecular formula is C7H11NO. The van der Waals surface area contributed by atoms with Crippen LogP contribution in [0, 0.1) is 11.8 Å². The maximum atomic E-state index is 5.68. The van der Waals surface area contributed by atoms with Crippen molar-refractivity contribution in [2.45, 2.75) is 12.0 Å². The van der Waals surface area contributed by atoms with E-state index in [-0.39, 0.29) is 0 Å². The molecule has 9 heavy (non-hydrogen) atoms. The van der Waals surface area contributed by atoms with E-state index in [2.05, 4.69) is 5.32 Å². The highest BCUT2D eigenvalue weighted by Crippen LogP contribution is 2.55. The van der Waals surface area contributed by atoms with Crippen molar-refractivity contribution in [3.8, 4) is 0 Å². The summed E-state index contributed by atoms with van der Waals surface area (Å²) in [5.41, 5.74) is 0.338. The van der Waals surface area contributed by atoms with Gasteiger partial charge in [0.25, 0.3) is 0 Å². The molecule has 3 aliphatic rings. The number of fused-ring (bicyclic) bond motifs is 2. The van der Waals surface area contributed by atoms with E-state index in [0.29, 0.717) is 5.60 Å². The topological polar surface area (TPSA) is 21.3 Å². The molecule has 50 valence electrons. The zero-order valence-corrected chi connectivity index (χ0v) is 5.39. The maximum absolute atomic E-state index is 5.68. The summed E-state index contributed by atoms with van der Waals surface area (Å²) < 4.78 is 5.68. The average Bonchev–Trinajstić information content (AvgIpc) is 2.42. The molecule has 1 N–H and O–H groups in total. The van der Waals surface area contributed by atoms with Crippen molar-refractivity contribution in [2.75, 3.05) is 19.7 Å². The second-order valence-corrected chi connectivity index (χ2v) is 3.58. The zero-order valence-electron chi connectivity index (χ0n) is 5.39. The van der Waals surface area contributed by atoms with Crippen molar-refractivity contribution in [2.24, 2.45) is 11.8 Å². The lowest BCUT2D eigenvalue weighted by Crippen LogP contribution is -2.61. The molecule has 1 aliphatic carbocycles. The van der Waals surface area contributed by atoms with Gasteiger partial charge in [0.05, 0.1) is 12.2 Å². The number of hydrogen-bond acceptors (Lipinski definition) is 2. The number of rotatable bonds is 0. The minimum Gasteiger partial charge on any atom is -0.372 e. The van der Waals surface area contributed by atoms with Crippen molar-refractivity contribution >= 4 is 0 Å². The second kappa shape index (κ2) is 1.18. The summed E-state index contributed by atoms with van der Waals surface area (Å²) >= 11 is 0. The van der Waals surface area contributed by atoms with E-state index in [1.165, 1.54) is 6.42 Å². The van der Waals surface area contributed by atoms with Gasteiger partial charge in [-0.25, -0.2) is 0 Å². The summed E-state index contributed by atoms with van der Waals surface area (Å²) in [4.78, 5) is 0. The molecule has 2 atom stereocenters. The Morgan fingerprint density at radius 3 is 2.56 bits per heavy atom.